The van der Waals surface area contributed by atoms with Gasteiger partial charge in [-0.3, -0.25) is 4.79 Å². The number of carbonyl (C=O) groups is 1. The fourth-order valence-corrected chi connectivity index (χ4v) is 1.77. The second-order valence-electron chi connectivity index (χ2n) is 4.11. The Labute approximate surface area is 109 Å². The van der Waals surface area contributed by atoms with Crippen LogP contribution in [0.4, 0.5) is 11.4 Å². The van der Waals surface area contributed by atoms with Gasteiger partial charge in [0.05, 0.1) is 0 Å². The van der Waals surface area contributed by atoms with Crippen LogP contribution in [0.5, 0.6) is 0 Å². The van der Waals surface area contributed by atoms with Crippen LogP contribution in [0.15, 0.2) is 53.3 Å². The fraction of sp³-hybridized carbons (Fsp3) is 0. The van der Waals surface area contributed by atoms with E-state index in [0.29, 0.717) is 22.5 Å². The molecule has 0 atom stereocenters. The number of hydrogen-bond donors (Lipinski definition) is 2. The average molecular weight is 253 g/mol. The molecule has 0 aliphatic carbocycles. The number of aromatic nitrogens is 1. The Bertz CT molecular complexity index is 732. The summed E-state index contributed by atoms with van der Waals surface area (Å²) >= 11 is 0. The molecule has 3 aromatic rings. The summed E-state index contributed by atoms with van der Waals surface area (Å²) in [5.74, 6) is -0.195. The van der Waals surface area contributed by atoms with E-state index in [1.807, 2.05) is 0 Å². The highest BCUT2D eigenvalue weighted by atomic mass is 16.3. The highest BCUT2D eigenvalue weighted by Gasteiger charge is 2.07. The molecule has 0 fully saturated rings. The van der Waals surface area contributed by atoms with Crippen molar-refractivity contribution in [3.05, 3.63) is 54.4 Å². The first kappa shape index (κ1) is 11.3. The van der Waals surface area contributed by atoms with Gasteiger partial charge in [0, 0.05) is 23.0 Å². The molecular formula is C14H11N3O2. The molecule has 5 heteroatoms. The number of nitrogens with one attached hydrogen (secondary N) is 1. The van der Waals surface area contributed by atoms with Gasteiger partial charge in [-0.1, -0.05) is 0 Å². The summed E-state index contributed by atoms with van der Waals surface area (Å²) in [4.78, 5) is 16.0. The van der Waals surface area contributed by atoms with Crippen molar-refractivity contribution in [1.82, 2.24) is 4.98 Å². The molecule has 0 aliphatic heterocycles. The highest BCUT2D eigenvalue weighted by molar-refractivity contribution is 6.05. The predicted octanol–water partition coefficient (Wildman–Crippen LogP) is 2.66. The molecule has 19 heavy (non-hydrogen) atoms. The lowest BCUT2D eigenvalue weighted by atomic mass is 10.2. The number of anilines is 2. The molecule has 0 saturated heterocycles. The first-order valence-corrected chi connectivity index (χ1v) is 5.72. The van der Waals surface area contributed by atoms with Crippen LogP contribution in [-0.2, 0) is 0 Å². The monoisotopic (exact) mass is 253 g/mol. The van der Waals surface area contributed by atoms with Crippen LogP contribution < -0.4 is 11.1 Å². The van der Waals surface area contributed by atoms with Crippen molar-refractivity contribution in [2.45, 2.75) is 0 Å². The molecular weight excluding hydrogens is 242 g/mol. The quantitative estimate of drug-likeness (QED) is 0.688. The number of oxazole rings is 1. The third-order valence-corrected chi connectivity index (χ3v) is 2.76. The molecule has 1 aromatic heterocycles. The Balaban J connectivity index is 1.83. The van der Waals surface area contributed by atoms with Gasteiger partial charge in [-0.2, -0.15) is 0 Å². The van der Waals surface area contributed by atoms with Gasteiger partial charge in [-0.15, -0.1) is 0 Å². The lowest BCUT2D eigenvalue weighted by Crippen LogP contribution is -2.11. The lowest BCUT2D eigenvalue weighted by Gasteiger charge is -2.05. The molecule has 3 rings (SSSR count). The Kier molecular flexibility index (Phi) is 2.64. The average Bonchev–Trinajstić information content (AvgIpc) is 2.87. The third-order valence-electron chi connectivity index (χ3n) is 2.76. The van der Waals surface area contributed by atoms with Crippen LogP contribution in [-0.4, -0.2) is 10.9 Å². The van der Waals surface area contributed by atoms with Crippen molar-refractivity contribution < 1.29 is 9.21 Å². The maximum absolute atomic E-state index is 12.0. The predicted molar refractivity (Wildman–Crippen MR) is 72.8 cm³/mol. The van der Waals surface area contributed by atoms with E-state index in [0.717, 1.165) is 5.52 Å². The van der Waals surface area contributed by atoms with Gasteiger partial charge in [-0.05, 0) is 36.4 Å². The van der Waals surface area contributed by atoms with Gasteiger partial charge < -0.3 is 15.5 Å². The number of carbonyl (C=O) groups excluding carboxylic acids is 1. The molecule has 94 valence electrons. The first-order valence-electron chi connectivity index (χ1n) is 5.72. The summed E-state index contributed by atoms with van der Waals surface area (Å²) < 4.78 is 5.18. The van der Waals surface area contributed by atoms with Crippen molar-refractivity contribution in [3.63, 3.8) is 0 Å². The summed E-state index contributed by atoms with van der Waals surface area (Å²) in [6.45, 7) is 0. The van der Waals surface area contributed by atoms with Crippen molar-refractivity contribution >= 4 is 28.4 Å². The lowest BCUT2D eigenvalue weighted by molar-refractivity contribution is 0.102. The molecule has 3 N–H and O–H groups in total. The van der Waals surface area contributed by atoms with Gasteiger partial charge in [0.25, 0.3) is 5.91 Å². The topological polar surface area (TPSA) is 81.2 Å². The molecule has 0 radical (unpaired) electrons. The molecule has 1 heterocycles. The number of rotatable bonds is 2. The van der Waals surface area contributed by atoms with Gasteiger partial charge in [0.1, 0.15) is 5.52 Å². The maximum atomic E-state index is 12.0. The van der Waals surface area contributed by atoms with E-state index in [1.165, 1.54) is 6.39 Å². The smallest absolute Gasteiger partial charge is 0.255 e. The number of nitrogens with two attached hydrogens (primary N) is 1. The zero-order chi connectivity index (χ0) is 13.2. The third kappa shape index (κ3) is 2.26. The SMILES string of the molecule is Nc1ccc(C(=O)Nc2ccc3ncoc3c2)cc1. The Hall–Kier alpha value is -2.82. The summed E-state index contributed by atoms with van der Waals surface area (Å²) in [5.41, 5.74) is 8.80. The molecule has 0 bridgehead atoms. The number of fused-ring (bicyclic) bond motifs is 1. The van der Waals surface area contributed by atoms with Crippen LogP contribution in [0, 0.1) is 0 Å². The maximum Gasteiger partial charge on any atom is 0.255 e. The highest BCUT2D eigenvalue weighted by Crippen LogP contribution is 2.18. The first-order chi connectivity index (χ1) is 9.22. The Morgan fingerprint density at radius 3 is 2.74 bits per heavy atom. The number of hydrogen-bond acceptors (Lipinski definition) is 4. The molecule has 5 nitrogen and oxygen atoms in total. The summed E-state index contributed by atoms with van der Waals surface area (Å²) in [5, 5.41) is 2.79. The largest absolute Gasteiger partial charge is 0.443 e. The number of nitrogen functional groups attached to an aromatic ring is 1. The van der Waals surface area contributed by atoms with E-state index in [-0.39, 0.29) is 5.91 Å². The number of amides is 1. The van der Waals surface area contributed by atoms with Gasteiger partial charge in [0.2, 0.25) is 0 Å². The van der Waals surface area contributed by atoms with Gasteiger partial charge >= 0.3 is 0 Å². The fourth-order valence-electron chi connectivity index (χ4n) is 1.77. The molecule has 0 aliphatic rings. The number of benzene rings is 2. The van der Waals surface area contributed by atoms with Crippen LogP contribution >= 0.6 is 0 Å². The summed E-state index contributed by atoms with van der Waals surface area (Å²) in [7, 11) is 0. The minimum atomic E-state index is -0.195. The van der Waals surface area contributed by atoms with E-state index in [4.69, 9.17) is 10.2 Å². The van der Waals surface area contributed by atoms with Crippen molar-refractivity contribution in [2.24, 2.45) is 0 Å². The zero-order valence-corrected chi connectivity index (χ0v) is 9.96. The van der Waals surface area contributed by atoms with E-state index < -0.39 is 0 Å². The van der Waals surface area contributed by atoms with E-state index >= 15 is 0 Å². The second kappa shape index (κ2) is 4.45. The van der Waals surface area contributed by atoms with Crippen LogP contribution in [0.3, 0.4) is 0 Å². The molecule has 0 saturated carbocycles. The molecule has 1 amide bonds. The molecule has 2 aromatic carbocycles. The summed E-state index contributed by atoms with van der Waals surface area (Å²) in [6.07, 6.45) is 1.37. The van der Waals surface area contributed by atoms with Crippen molar-refractivity contribution in [2.75, 3.05) is 11.1 Å². The zero-order valence-electron chi connectivity index (χ0n) is 9.96. The van der Waals surface area contributed by atoms with Crippen LogP contribution in [0.2, 0.25) is 0 Å². The van der Waals surface area contributed by atoms with E-state index in [2.05, 4.69) is 10.3 Å². The van der Waals surface area contributed by atoms with Crippen molar-refractivity contribution in [1.29, 1.82) is 0 Å². The second-order valence-corrected chi connectivity index (χ2v) is 4.11. The van der Waals surface area contributed by atoms with E-state index in [9.17, 15) is 4.79 Å². The Morgan fingerprint density at radius 1 is 1.16 bits per heavy atom. The number of nitrogens with zero attached hydrogens (tertiary/aromatic N) is 1. The van der Waals surface area contributed by atoms with Crippen LogP contribution in [0.25, 0.3) is 11.1 Å². The molecule has 0 spiro atoms. The standard InChI is InChI=1S/C14H11N3O2/c15-10-3-1-9(2-4-10)14(18)17-11-5-6-12-13(7-11)19-8-16-12/h1-8H,15H2,(H,17,18). The van der Waals surface area contributed by atoms with E-state index in [1.54, 1.807) is 42.5 Å². The van der Waals surface area contributed by atoms with Crippen LogP contribution in [0.1, 0.15) is 10.4 Å². The minimum absolute atomic E-state index is 0.195. The minimum Gasteiger partial charge on any atom is -0.443 e. The van der Waals surface area contributed by atoms with Gasteiger partial charge in [0.15, 0.2) is 12.0 Å². The Morgan fingerprint density at radius 2 is 1.95 bits per heavy atom. The summed E-state index contributed by atoms with van der Waals surface area (Å²) in [6, 6.07) is 12.0. The normalized spacial score (nSPS) is 10.5. The molecule has 0 unspecified atom stereocenters. The van der Waals surface area contributed by atoms with Gasteiger partial charge in [-0.25, -0.2) is 4.98 Å². The van der Waals surface area contributed by atoms with Crippen molar-refractivity contribution in [3.8, 4) is 0 Å².